The quantitative estimate of drug-likeness (QED) is 0.870. The minimum atomic E-state index is 0.00628. The number of carbonyl (C=O) groups excluding carboxylic acids is 1. The van der Waals surface area contributed by atoms with Crippen molar-refractivity contribution in [1.82, 2.24) is 14.8 Å². The Labute approximate surface area is 142 Å². The first kappa shape index (κ1) is 16.2. The largest absolute Gasteiger partial charge is 0.337 e. The van der Waals surface area contributed by atoms with Crippen LogP contribution in [0.4, 0.5) is 0 Å². The number of aromatic nitrogens is 1. The summed E-state index contributed by atoms with van der Waals surface area (Å²) in [6.45, 7) is 4.04. The summed E-state index contributed by atoms with van der Waals surface area (Å²) in [6, 6.07) is 15.0. The van der Waals surface area contributed by atoms with Gasteiger partial charge in [0.25, 0.3) is 5.91 Å². The van der Waals surface area contributed by atoms with Crippen LogP contribution in [0.1, 0.15) is 28.0 Å². The third-order valence-corrected chi connectivity index (χ3v) is 4.23. The molecule has 3 rings (SSSR count). The van der Waals surface area contributed by atoms with Crippen LogP contribution in [0, 0.1) is 11.3 Å². The van der Waals surface area contributed by atoms with Crippen molar-refractivity contribution in [3.8, 4) is 6.07 Å². The van der Waals surface area contributed by atoms with Crippen molar-refractivity contribution in [3.63, 3.8) is 0 Å². The lowest BCUT2D eigenvalue weighted by Gasteiger charge is -2.22. The predicted molar refractivity (Wildman–Crippen MR) is 91.2 cm³/mol. The fourth-order valence-corrected chi connectivity index (χ4v) is 2.96. The van der Waals surface area contributed by atoms with Gasteiger partial charge in [0, 0.05) is 44.5 Å². The number of amides is 1. The molecule has 0 radical (unpaired) electrons. The molecule has 1 amide bonds. The fraction of sp³-hybridized carbons (Fsp3) is 0.316. The molecule has 0 spiro atoms. The van der Waals surface area contributed by atoms with Gasteiger partial charge >= 0.3 is 0 Å². The van der Waals surface area contributed by atoms with Gasteiger partial charge in [-0.05, 0) is 36.8 Å². The zero-order chi connectivity index (χ0) is 16.8. The van der Waals surface area contributed by atoms with E-state index in [0.29, 0.717) is 17.7 Å². The van der Waals surface area contributed by atoms with Gasteiger partial charge in [-0.15, -0.1) is 0 Å². The third-order valence-electron chi connectivity index (χ3n) is 4.23. The third kappa shape index (κ3) is 3.98. The second-order valence-corrected chi connectivity index (χ2v) is 5.94. The molecule has 1 aliphatic rings. The van der Waals surface area contributed by atoms with Gasteiger partial charge in [-0.3, -0.25) is 14.7 Å². The molecule has 0 aliphatic carbocycles. The first-order valence-corrected chi connectivity index (χ1v) is 8.18. The predicted octanol–water partition coefficient (Wildman–Crippen LogP) is 2.30. The van der Waals surface area contributed by atoms with E-state index in [1.807, 2.05) is 29.3 Å². The van der Waals surface area contributed by atoms with Gasteiger partial charge in [0.05, 0.1) is 17.3 Å². The molecule has 0 saturated carbocycles. The van der Waals surface area contributed by atoms with Gasteiger partial charge in [0.2, 0.25) is 0 Å². The molecule has 24 heavy (non-hydrogen) atoms. The molecule has 5 heteroatoms. The summed E-state index contributed by atoms with van der Waals surface area (Å²) in [4.78, 5) is 21.3. The summed E-state index contributed by atoms with van der Waals surface area (Å²) in [6.07, 6.45) is 2.75. The monoisotopic (exact) mass is 320 g/mol. The molecule has 122 valence electrons. The van der Waals surface area contributed by atoms with Crippen LogP contribution >= 0.6 is 0 Å². The molecule has 1 aromatic heterocycles. The summed E-state index contributed by atoms with van der Waals surface area (Å²) in [5.74, 6) is 0.00628. The lowest BCUT2D eigenvalue weighted by molar-refractivity contribution is 0.0761. The van der Waals surface area contributed by atoms with Gasteiger partial charge in [-0.1, -0.05) is 12.1 Å². The molecule has 0 unspecified atom stereocenters. The molecule has 0 bridgehead atoms. The SMILES string of the molecule is N#Cc1cccc(C(=O)N2CCCN(Cc3ccccn3)CC2)c1. The Morgan fingerprint density at radius 2 is 2.04 bits per heavy atom. The van der Waals surface area contributed by atoms with Crippen molar-refractivity contribution < 1.29 is 4.79 Å². The number of rotatable bonds is 3. The number of nitriles is 1. The first-order chi connectivity index (χ1) is 11.8. The van der Waals surface area contributed by atoms with Crippen LogP contribution in [-0.4, -0.2) is 46.9 Å². The number of carbonyl (C=O) groups is 1. The minimum absolute atomic E-state index is 0.00628. The Bertz CT molecular complexity index is 739. The summed E-state index contributed by atoms with van der Waals surface area (Å²) >= 11 is 0. The number of hydrogen-bond acceptors (Lipinski definition) is 4. The summed E-state index contributed by atoms with van der Waals surface area (Å²) in [7, 11) is 0. The molecule has 2 aromatic rings. The van der Waals surface area contributed by atoms with E-state index in [-0.39, 0.29) is 5.91 Å². The Morgan fingerprint density at radius 1 is 1.12 bits per heavy atom. The molecule has 1 saturated heterocycles. The van der Waals surface area contributed by atoms with Crippen molar-refractivity contribution in [1.29, 1.82) is 5.26 Å². The highest BCUT2D eigenvalue weighted by Crippen LogP contribution is 2.12. The number of benzene rings is 1. The van der Waals surface area contributed by atoms with E-state index in [1.165, 1.54) is 0 Å². The van der Waals surface area contributed by atoms with E-state index >= 15 is 0 Å². The topological polar surface area (TPSA) is 60.2 Å². The number of hydrogen-bond donors (Lipinski definition) is 0. The molecular weight excluding hydrogens is 300 g/mol. The molecule has 1 aromatic carbocycles. The highest BCUT2D eigenvalue weighted by molar-refractivity contribution is 5.94. The summed E-state index contributed by atoms with van der Waals surface area (Å²) in [5.41, 5.74) is 2.17. The van der Waals surface area contributed by atoms with Crippen LogP contribution in [0.15, 0.2) is 48.7 Å². The maximum Gasteiger partial charge on any atom is 0.253 e. The van der Waals surface area contributed by atoms with Crippen LogP contribution in [0.2, 0.25) is 0 Å². The van der Waals surface area contributed by atoms with Gasteiger partial charge < -0.3 is 4.90 Å². The molecule has 0 N–H and O–H groups in total. The Hall–Kier alpha value is -2.71. The van der Waals surface area contributed by atoms with Gasteiger partial charge in [0.1, 0.15) is 0 Å². The summed E-state index contributed by atoms with van der Waals surface area (Å²) in [5, 5.41) is 8.99. The molecule has 5 nitrogen and oxygen atoms in total. The first-order valence-electron chi connectivity index (χ1n) is 8.18. The normalized spacial score (nSPS) is 15.5. The molecule has 0 atom stereocenters. The standard InChI is InChI=1S/C19H20N4O/c20-14-16-5-3-6-17(13-16)19(24)23-10-4-9-22(11-12-23)15-18-7-1-2-8-21-18/h1-3,5-8,13H,4,9-12,15H2. The maximum atomic E-state index is 12.7. The molecule has 2 heterocycles. The van der Waals surface area contributed by atoms with Crippen molar-refractivity contribution in [2.24, 2.45) is 0 Å². The van der Waals surface area contributed by atoms with Crippen molar-refractivity contribution in [2.75, 3.05) is 26.2 Å². The van der Waals surface area contributed by atoms with E-state index in [2.05, 4.69) is 16.0 Å². The molecule has 1 aliphatic heterocycles. The van der Waals surface area contributed by atoms with Gasteiger partial charge in [-0.2, -0.15) is 5.26 Å². The Kier molecular flexibility index (Phi) is 5.19. The average molecular weight is 320 g/mol. The smallest absolute Gasteiger partial charge is 0.253 e. The van der Waals surface area contributed by atoms with Crippen LogP contribution < -0.4 is 0 Å². The second-order valence-electron chi connectivity index (χ2n) is 5.94. The van der Waals surface area contributed by atoms with E-state index in [1.54, 1.807) is 24.3 Å². The van der Waals surface area contributed by atoms with Crippen LogP contribution in [0.3, 0.4) is 0 Å². The zero-order valence-electron chi connectivity index (χ0n) is 13.6. The van der Waals surface area contributed by atoms with Crippen LogP contribution in [-0.2, 0) is 6.54 Å². The highest BCUT2D eigenvalue weighted by Gasteiger charge is 2.20. The zero-order valence-corrected chi connectivity index (χ0v) is 13.6. The van der Waals surface area contributed by atoms with E-state index in [4.69, 9.17) is 5.26 Å². The number of pyridine rings is 1. The van der Waals surface area contributed by atoms with E-state index in [9.17, 15) is 4.79 Å². The Balaban J connectivity index is 1.62. The summed E-state index contributed by atoms with van der Waals surface area (Å²) < 4.78 is 0. The van der Waals surface area contributed by atoms with Crippen molar-refractivity contribution in [2.45, 2.75) is 13.0 Å². The second kappa shape index (κ2) is 7.71. The average Bonchev–Trinajstić information content (AvgIpc) is 2.87. The number of nitrogens with zero attached hydrogens (tertiary/aromatic N) is 4. The molecule has 1 fully saturated rings. The van der Waals surface area contributed by atoms with Crippen molar-refractivity contribution >= 4 is 5.91 Å². The van der Waals surface area contributed by atoms with Crippen LogP contribution in [0.25, 0.3) is 0 Å². The maximum absolute atomic E-state index is 12.7. The van der Waals surface area contributed by atoms with Crippen molar-refractivity contribution in [3.05, 3.63) is 65.5 Å². The van der Waals surface area contributed by atoms with Crippen LogP contribution in [0.5, 0.6) is 0 Å². The van der Waals surface area contributed by atoms with E-state index in [0.717, 1.165) is 38.3 Å². The lowest BCUT2D eigenvalue weighted by Crippen LogP contribution is -2.35. The van der Waals surface area contributed by atoms with Gasteiger partial charge in [0.15, 0.2) is 0 Å². The lowest BCUT2D eigenvalue weighted by atomic mass is 10.1. The Morgan fingerprint density at radius 3 is 2.83 bits per heavy atom. The minimum Gasteiger partial charge on any atom is -0.337 e. The van der Waals surface area contributed by atoms with Gasteiger partial charge in [-0.25, -0.2) is 0 Å². The molecular formula is C19H20N4O. The highest BCUT2D eigenvalue weighted by atomic mass is 16.2. The fourth-order valence-electron chi connectivity index (χ4n) is 2.96. The van der Waals surface area contributed by atoms with E-state index < -0.39 is 0 Å².